The van der Waals surface area contributed by atoms with Crippen molar-refractivity contribution in [2.45, 2.75) is 40.2 Å². The van der Waals surface area contributed by atoms with Gasteiger partial charge in [0.05, 0.1) is 6.04 Å². The number of rotatable bonds is 5. The van der Waals surface area contributed by atoms with Gasteiger partial charge in [0, 0.05) is 11.8 Å². The van der Waals surface area contributed by atoms with E-state index < -0.39 is 0 Å². The Morgan fingerprint density at radius 2 is 1.60 bits per heavy atom. The van der Waals surface area contributed by atoms with E-state index in [0.29, 0.717) is 0 Å². The number of aromatic nitrogens is 1. The monoisotopic (exact) mass is 330 g/mol. The van der Waals surface area contributed by atoms with E-state index in [1.807, 2.05) is 12.3 Å². The molecule has 0 aliphatic heterocycles. The summed E-state index contributed by atoms with van der Waals surface area (Å²) in [4.78, 5) is 4.66. The van der Waals surface area contributed by atoms with E-state index >= 15 is 0 Å². The molecule has 0 saturated heterocycles. The lowest BCUT2D eigenvalue weighted by Gasteiger charge is -2.21. The number of hydrogen-bond acceptors (Lipinski definition) is 2. The first kappa shape index (κ1) is 17.2. The van der Waals surface area contributed by atoms with E-state index in [9.17, 15) is 0 Å². The van der Waals surface area contributed by atoms with Gasteiger partial charge in [0.25, 0.3) is 0 Å². The first-order valence-electron chi connectivity index (χ1n) is 8.95. The predicted octanol–water partition coefficient (Wildman–Crippen LogP) is 6.24. The third-order valence-electron chi connectivity index (χ3n) is 4.68. The fraction of sp³-hybridized carbons (Fsp3) is 0.261. The van der Waals surface area contributed by atoms with E-state index in [1.165, 1.54) is 33.4 Å². The van der Waals surface area contributed by atoms with Gasteiger partial charge >= 0.3 is 0 Å². The summed E-state index contributed by atoms with van der Waals surface area (Å²) in [7, 11) is 0. The molecule has 1 unspecified atom stereocenters. The highest BCUT2D eigenvalue weighted by atomic mass is 15.0. The Morgan fingerprint density at radius 1 is 0.920 bits per heavy atom. The van der Waals surface area contributed by atoms with Gasteiger partial charge in [0.2, 0.25) is 0 Å². The maximum absolute atomic E-state index is 4.66. The molecule has 3 aromatic rings. The molecule has 0 saturated carbocycles. The van der Waals surface area contributed by atoms with Crippen molar-refractivity contribution >= 4 is 5.82 Å². The van der Waals surface area contributed by atoms with Crippen LogP contribution < -0.4 is 5.32 Å². The Balaban J connectivity index is 2.02. The molecule has 0 radical (unpaired) electrons. The molecule has 0 fully saturated rings. The fourth-order valence-electron chi connectivity index (χ4n) is 3.60. The second kappa shape index (κ2) is 7.52. The van der Waals surface area contributed by atoms with Gasteiger partial charge in [-0.3, -0.25) is 0 Å². The van der Waals surface area contributed by atoms with E-state index in [2.05, 4.69) is 86.5 Å². The minimum Gasteiger partial charge on any atom is -0.363 e. The summed E-state index contributed by atoms with van der Waals surface area (Å²) in [6.45, 7) is 8.71. The van der Waals surface area contributed by atoms with Gasteiger partial charge < -0.3 is 5.32 Å². The highest BCUT2D eigenvalue weighted by Gasteiger charge is 2.15. The summed E-state index contributed by atoms with van der Waals surface area (Å²) >= 11 is 0. The van der Waals surface area contributed by atoms with Crippen LogP contribution in [0.15, 0.2) is 60.8 Å². The number of hydrogen-bond donors (Lipinski definition) is 1. The van der Waals surface area contributed by atoms with Crippen molar-refractivity contribution in [3.8, 4) is 11.1 Å². The number of aryl methyl sites for hydroxylation is 3. The number of nitrogens with one attached hydrogen (secondary N) is 1. The van der Waals surface area contributed by atoms with Gasteiger partial charge in [-0.05, 0) is 61.6 Å². The molecule has 2 nitrogen and oxygen atoms in total. The average Bonchev–Trinajstić information content (AvgIpc) is 2.60. The molecule has 0 aliphatic rings. The van der Waals surface area contributed by atoms with Gasteiger partial charge in [-0.1, -0.05) is 55.0 Å². The van der Waals surface area contributed by atoms with Gasteiger partial charge in [-0.2, -0.15) is 0 Å². The molecule has 0 spiro atoms. The van der Waals surface area contributed by atoms with Crippen LogP contribution in [0, 0.1) is 20.8 Å². The third-order valence-corrected chi connectivity index (χ3v) is 4.68. The molecule has 1 heterocycles. The SMILES string of the molecule is CCC(Nc1ncccc1-c1c(C)cc(C)cc1C)c1ccccc1. The predicted molar refractivity (Wildman–Crippen MR) is 107 cm³/mol. The molecular formula is C23H26N2. The normalized spacial score (nSPS) is 12.0. The molecule has 1 N–H and O–H groups in total. The maximum atomic E-state index is 4.66. The number of benzene rings is 2. The van der Waals surface area contributed by atoms with Crippen molar-refractivity contribution in [2.75, 3.05) is 5.32 Å². The first-order chi connectivity index (χ1) is 12.1. The summed E-state index contributed by atoms with van der Waals surface area (Å²) in [6.07, 6.45) is 2.87. The van der Waals surface area contributed by atoms with Crippen molar-refractivity contribution in [3.63, 3.8) is 0 Å². The second-order valence-corrected chi connectivity index (χ2v) is 6.69. The Hall–Kier alpha value is -2.61. The largest absolute Gasteiger partial charge is 0.363 e. The summed E-state index contributed by atoms with van der Waals surface area (Å²) < 4.78 is 0. The fourth-order valence-corrected chi connectivity index (χ4v) is 3.60. The molecular weight excluding hydrogens is 304 g/mol. The number of nitrogens with zero attached hydrogens (tertiary/aromatic N) is 1. The van der Waals surface area contributed by atoms with E-state index in [4.69, 9.17) is 0 Å². The van der Waals surface area contributed by atoms with Crippen LogP contribution in [-0.2, 0) is 0 Å². The van der Waals surface area contributed by atoms with E-state index in [0.717, 1.165) is 12.2 Å². The van der Waals surface area contributed by atoms with Crippen LogP contribution in [0.2, 0.25) is 0 Å². The third kappa shape index (κ3) is 3.74. The first-order valence-corrected chi connectivity index (χ1v) is 8.95. The van der Waals surface area contributed by atoms with Crippen molar-refractivity contribution in [1.82, 2.24) is 4.98 Å². The Bertz CT molecular complexity index is 830. The standard InChI is InChI=1S/C23H26N2/c1-5-21(19-10-7-6-8-11-19)25-23-20(12-9-13-24-23)22-17(3)14-16(2)15-18(22)4/h6-15,21H,5H2,1-4H3,(H,24,25). The highest BCUT2D eigenvalue weighted by molar-refractivity contribution is 5.80. The summed E-state index contributed by atoms with van der Waals surface area (Å²) in [5.74, 6) is 0.952. The molecule has 1 aromatic heterocycles. The Labute approximate surface area is 151 Å². The maximum Gasteiger partial charge on any atom is 0.134 e. The van der Waals surface area contributed by atoms with Crippen LogP contribution in [0.4, 0.5) is 5.82 Å². The van der Waals surface area contributed by atoms with E-state index in [-0.39, 0.29) is 6.04 Å². The van der Waals surface area contributed by atoms with Crippen LogP contribution in [0.25, 0.3) is 11.1 Å². The summed E-state index contributed by atoms with van der Waals surface area (Å²) in [6, 6.07) is 19.5. The zero-order chi connectivity index (χ0) is 17.8. The van der Waals surface area contributed by atoms with Crippen LogP contribution in [0.1, 0.15) is 41.6 Å². The van der Waals surface area contributed by atoms with Gasteiger partial charge in [-0.25, -0.2) is 4.98 Å². The Kier molecular flexibility index (Phi) is 5.18. The van der Waals surface area contributed by atoms with Gasteiger partial charge in [0.1, 0.15) is 5.82 Å². The minimum atomic E-state index is 0.251. The minimum absolute atomic E-state index is 0.251. The molecule has 25 heavy (non-hydrogen) atoms. The van der Waals surface area contributed by atoms with Crippen molar-refractivity contribution in [1.29, 1.82) is 0 Å². The lowest BCUT2D eigenvalue weighted by atomic mass is 9.94. The van der Waals surface area contributed by atoms with Crippen LogP contribution in [0.5, 0.6) is 0 Å². The lowest BCUT2D eigenvalue weighted by Crippen LogP contribution is -2.11. The molecule has 0 bridgehead atoms. The Morgan fingerprint density at radius 3 is 2.24 bits per heavy atom. The highest BCUT2D eigenvalue weighted by Crippen LogP contribution is 2.34. The van der Waals surface area contributed by atoms with Gasteiger partial charge in [0.15, 0.2) is 0 Å². The molecule has 3 rings (SSSR count). The van der Waals surface area contributed by atoms with Crippen molar-refractivity contribution in [2.24, 2.45) is 0 Å². The molecule has 1 atom stereocenters. The molecule has 128 valence electrons. The number of pyridine rings is 1. The topological polar surface area (TPSA) is 24.9 Å². The molecule has 0 aliphatic carbocycles. The quantitative estimate of drug-likeness (QED) is 0.599. The van der Waals surface area contributed by atoms with E-state index in [1.54, 1.807) is 0 Å². The average molecular weight is 330 g/mol. The lowest BCUT2D eigenvalue weighted by molar-refractivity contribution is 0.745. The van der Waals surface area contributed by atoms with Crippen LogP contribution in [0.3, 0.4) is 0 Å². The zero-order valence-electron chi connectivity index (χ0n) is 15.5. The van der Waals surface area contributed by atoms with Crippen LogP contribution in [-0.4, -0.2) is 4.98 Å². The zero-order valence-corrected chi connectivity index (χ0v) is 15.5. The molecule has 2 aromatic carbocycles. The smallest absolute Gasteiger partial charge is 0.134 e. The molecule has 0 amide bonds. The van der Waals surface area contributed by atoms with Crippen molar-refractivity contribution in [3.05, 3.63) is 83.0 Å². The van der Waals surface area contributed by atoms with Gasteiger partial charge in [-0.15, -0.1) is 0 Å². The summed E-state index contributed by atoms with van der Waals surface area (Å²) in [5.41, 5.74) is 7.63. The summed E-state index contributed by atoms with van der Waals surface area (Å²) in [5, 5.41) is 3.67. The second-order valence-electron chi connectivity index (χ2n) is 6.69. The van der Waals surface area contributed by atoms with Crippen molar-refractivity contribution < 1.29 is 0 Å². The number of anilines is 1. The van der Waals surface area contributed by atoms with Crippen LogP contribution >= 0.6 is 0 Å². The molecule has 2 heteroatoms.